The number of alkyl halides is 1. The van der Waals surface area contributed by atoms with Crippen molar-refractivity contribution in [1.29, 1.82) is 0 Å². The van der Waals surface area contributed by atoms with Gasteiger partial charge in [-0.3, -0.25) is 9.59 Å². The fraction of sp³-hybridized carbons (Fsp3) is 0.476. The van der Waals surface area contributed by atoms with Crippen LogP contribution in [0.15, 0.2) is 47.1 Å². The molecule has 0 bridgehead atoms. The Bertz CT molecular complexity index is 766. The second-order valence-electron chi connectivity index (χ2n) is 6.99. The van der Waals surface area contributed by atoms with Gasteiger partial charge < -0.3 is 19.7 Å². The van der Waals surface area contributed by atoms with E-state index in [-0.39, 0.29) is 36.2 Å². The molecule has 1 aliphatic rings. The molecule has 0 saturated carbocycles. The topological polar surface area (TPSA) is 95.7 Å². The molecule has 0 aliphatic carbocycles. The number of carbonyl (C=O) groups is 2. The summed E-state index contributed by atoms with van der Waals surface area (Å²) in [7, 11) is 0. The quantitative estimate of drug-likeness (QED) is 0.460. The zero-order valence-electron chi connectivity index (χ0n) is 16.6. The Balaban J connectivity index is 1.78. The first-order valence-electron chi connectivity index (χ1n) is 9.70. The number of carbonyl (C=O) groups excluding carboxylic acids is 2. The third-order valence-corrected chi connectivity index (χ3v) is 4.47. The summed E-state index contributed by atoms with van der Waals surface area (Å²) in [6.45, 7) is 6.87. The molecule has 1 aromatic heterocycles. The average Bonchev–Trinajstić information content (AvgIpc) is 3.36. The lowest BCUT2D eigenvalue weighted by atomic mass is 10.1. The Labute approximate surface area is 170 Å². The van der Waals surface area contributed by atoms with E-state index in [1.165, 1.54) is 18.4 Å². The van der Waals surface area contributed by atoms with Gasteiger partial charge in [-0.15, -0.1) is 0 Å². The SMILES string of the molecule is C=CC(=O)NC/C=C/C(C)=C/C(O)CC(F)Cc1nc(C(=O)N2CCCC2)co1. The van der Waals surface area contributed by atoms with Crippen molar-refractivity contribution in [2.75, 3.05) is 19.6 Å². The number of aliphatic hydroxyl groups excluding tert-OH is 1. The van der Waals surface area contributed by atoms with Crippen LogP contribution in [0.3, 0.4) is 0 Å². The van der Waals surface area contributed by atoms with E-state index < -0.39 is 12.3 Å². The summed E-state index contributed by atoms with van der Waals surface area (Å²) in [4.78, 5) is 29.1. The van der Waals surface area contributed by atoms with Crippen molar-refractivity contribution in [3.8, 4) is 0 Å². The van der Waals surface area contributed by atoms with Crippen LogP contribution in [0.25, 0.3) is 0 Å². The summed E-state index contributed by atoms with van der Waals surface area (Å²) in [6, 6.07) is 0. The summed E-state index contributed by atoms with van der Waals surface area (Å²) in [5, 5.41) is 12.6. The lowest BCUT2D eigenvalue weighted by Crippen LogP contribution is -2.27. The van der Waals surface area contributed by atoms with Crippen molar-refractivity contribution in [2.24, 2.45) is 0 Å². The van der Waals surface area contributed by atoms with Crippen molar-refractivity contribution in [3.63, 3.8) is 0 Å². The summed E-state index contributed by atoms with van der Waals surface area (Å²) in [6.07, 6.45) is 6.82. The molecule has 0 aromatic carbocycles. The van der Waals surface area contributed by atoms with E-state index in [2.05, 4.69) is 16.9 Å². The van der Waals surface area contributed by atoms with Crippen LogP contribution in [-0.2, 0) is 11.2 Å². The Hall–Kier alpha value is -2.74. The van der Waals surface area contributed by atoms with Gasteiger partial charge in [-0.1, -0.05) is 30.4 Å². The van der Waals surface area contributed by atoms with E-state index in [1.54, 1.807) is 24.0 Å². The first-order valence-corrected chi connectivity index (χ1v) is 9.70. The first-order chi connectivity index (χ1) is 13.9. The summed E-state index contributed by atoms with van der Waals surface area (Å²) in [5.41, 5.74) is 0.936. The number of amides is 2. The molecule has 2 amide bonds. The zero-order chi connectivity index (χ0) is 21.2. The number of halogens is 1. The summed E-state index contributed by atoms with van der Waals surface area (Å²) in [5.74, 6) is -0.318. The molecule has 0 spiro atoms. The van der Waals surface area contributed by atoms with Gasteiger partial charge in [0.05, 0.1) is 12.5 Å². The standard InChI is InChI=1S/C21H28FN3O4/c1-3-19(27)23-8-6-7-15(2)11-17(26)12-16(22)13-20-24-18(14-29-20)21(28)25-9-4-5-10-25/h3,6-7,11,14,16-17,26H,1,4-5,8-10,12-13H2,2H3,(H,23,27)/b7-6+,15-11+. The third-order valence-electron chi connectivity index (χ3n) is 4.47. The number of nitrogens with zero attached hydrogens (tertiary/aromatic N) is 2. The highest BCUT2D eigenvalue weighted by Crippen LogP contribution is 2.16. The van der Waals surface area contributed by atoms with E-state index in [1.807, 2.05) is 0 Å². The second-order valence-corrected chi connectivity index (χ2v) is 6.99. The Morgan fingerprint density at radius 2 is 2.17 bits per heavy atom. The zero-order valence-corrected chi connectivity index (χ0v) is 16.6. The molecule has 2 unspecified atom stereocenters. The Kier molecular flexibility index (Phi) is 8.79. The predicted octanol–water partition coefficient (Wildman–Crippen LogP) is 2.35. The molecule has 2 heterocycles. The van der Waals surface area contributed by atoms with Gasteiger partial charge in [-0.25, -0.2) is 9.37 Å². The molecule has 29 heavy (non-hydrogen) atoms. The lowest BCUT2D eigenvalue weighted by Gasteiger charge is -2.12. The smallest absolute Gasteiger partial charge is 0.275 e. The van der Waals surface area contributed by atoms with Gasteiger partial charge in [0.15, 0.2) is 11.6 Å². The van der Waals surface area contributed by atoms with Crippen LogP contribution < -0.4 is 5.32 Å². The molecule has 8 heteroatoms. The number of allylic oxidation sites excluding steroid dienone is 2. The van der Waals surface area contributed by atoms with Crippen LogP contribution in [0.5, 0.6) is 0 Å². The Morgan fingerprint density at radius 1 is 1.45 bits per heavy atom. The van der Waals surface area contributed by atoms with Gasteiger partial charge in [0, 0.05) is 26.1 Å². The minimum absolute atomic E-state index is 0.110. The molecule has 1 aromatic rings. The minimum atomic E-state index is -1.36. The molecule has 0 radical (unpaired) electrons. The number of rotatable bonds is 10. The largest absolute Gasteiger partial charge is 0.448 e. The number of hydrogen-bond acceptors (Lipinski definition) is 5. The maximum Gasteiger partial charge on any atom is 0.275 e. The molecular weight excluding hydrogens is 377 g/mol. The third kappa shape index (κ3) is 7.65. The molecule has 2 N–H and O–H groups in total. The van der Waals surface area contributed by atoms with Crippen LogP contribution in [0.2, 0.25) is 0 Å². The molecule has 1 fully saturated rings. The van der Waals surface area contributed by atoms with Crippen molar-refractivity contribution < 1.29 is 23.5 Å². The first kappa shape index (κ1) is 22.5. The van der Waals surface area contributed by atoms with Crippen molar-refractivity contribution in [1.82, 2.24) is 15.2 Å². The van der Waals surface area contributed by atoms with E-state index in [0.717, 1.165) is 18.4 Å². The number of hydrogen-bond donors (Lipinski definition) is 2. The minimum Gasteiger partial charge on any atom is -0.448 e. The summed E-state index contributed by atoms with van der Waals surface area (Å²) >= 11 is 0. The van der Waals surface area contributed by atoms with Crippen LogP contribution in [-0.4, -0.2) is 58.7 Å². The van der Waals surface area contributed by atoms with Crippen molar-refractivity contribution in [2.45, 2.75) is 44.9 Å². The van der Waals surface area contributed by atoms with E-state index in [9.17, 15) is 19.1 Å². The van der Waals surface area contributed by atoms with Crippen LogP contribution in [0.1, 0.15) is 42.6 Å². The molecule has 1 saturated heterocycles. The fourth-order valence-corrected chi connectivity index (χ4v) is 3.02. The molecular formula is C21H28FN3O4. The predicted molar refractivity (Wildman–Crippen MR) is 107 cm³/mol. The number of aliphatic hydroxyl groups is 1. The van der Waals surface area contributed by atoms with Gasteiger partial charge in [0.25, 0.3) is 5.91 Å². The van der Waals surface area contributed by atoms with Crippen molar-refractivity contribution >= 4 is 11.8 Å². The molecule has 1 aliphatic heterocycles. The monoisotopic (exact) mass is 405 g/mol. The maximum absolute atomic E-state index is 14.3. The van der Waals surface area contributed by atoms with Crippen LogP contribution >= 0.6 is 0 Å². The number of oxazole rings is 1. The maximum atomic E-state index is 14.3. The number of aromatic nitrogens is 1. The van der Waals surface area contributed by atoms with Gasteiger partial charge in [-0.05, 0) is 25.8 Å². The average molecular weight is 405 g/mol. The number of nitrogens with one attached hydrogen (secondary N) is 1. The van der Waals surface area contributed by atoms with Gasteiger partial charge in [-0.2, -0.15) is 0 Å². The van der Waals surface area contributed by atoms with E-state index in [0.29, 0.717) is 19.6 Å². The van der Waals surface area contributed by atoms with Crippen molar-refractivity contribution in [3.05, 3.63) is 54.3 Å². The molecule has 2 atom stereocenters. The van der Waals surface area contributed by atoms with E-state index >= 15 is 0 Å². The highest BCUT2D eigenvalue weighted by molar-refractivity contribution is 5.92. The summed E-state index contributed by atoms with van der Waals surface area (Å²) < 4.78 is 19.5. The molecule has 158 valence electrons. The van der Waals surface area contributed by atoms with Crippen LogP contribution in [0.4, 0.5) is 4.39 Å². The van der Waals surface area contributed by atoms with Gasteiger partial charge >= 0.3 is 0 Å². The Morgan fingerprint density at radius 3 is 2.86 bits per heavy atom. The van der Waals surface area contributed by atoms with Gasteiger partial charge in [0.2, 0.25) is 5.91 Å². The fourth-order valence-electron chi connectivity index (χ4n) is 3.02. The molecule has 2 rings (SSSR count). The highest BCUT2D eigenvalue weighted by atomic mass is 19.1. The van der Waals surface area contributed by atoms with Crippen LogP contribution in [0, 0.1) is 0 Å². The van der Waals surface area contributed by atoms with Gasteiger partial charge in [0.1, 0.15) is 12.4 Å². The lowest BCUT2D eigenvalue weighted by molar-refractivity contribution is -0.116. The highest BCUT2D eigenvalue weighted by Gasteiger charge is 2.23. The second kappa shape index (κ2) is 11.3. The normalized spacial score (nSPS) is 16.8. The molecule has 7 nitrogen and oxygen atoms in total. The van der Waals surface area contributed by atoms with E-state index in [4.69, 9.17) is 4.42 Å². The number of likely N-dealkylation sites (tertiary alicyclic amines) is 1.